The van der Waals surface area contributed by atoms with Gasteiger partial charge in [-0.3, -0.25) is 0 Å². The topological polar surface area (TPSA) is 0 Å². The maximum absolute atomic E-state index is 13.1. The Morgan fingerprint density at radius 2 is 1.71 bits per heavy atom. The Morgan fingerprint density at radius 3 is 2.38 bits per heavy atom. The summed E-state index contributed by atoms with van der Waals surface area (Å²) in [5.41, 5.74) is 2.61. The molecule has 2 unspecified atom stereocenters. The van der Waals surface area contributed by atoms with Gasteiger partial charge in [0.1, 0.15) is 0 Å². The lowest BCUT2D eigenvalue weighted by Gasteiger charge is -2.28. The van der Waals surface area contributed by atoms with Crippen molar-refractivity contribution < 1.29 is 13.2 Å². The largest absolute Gasteiger partial charge is 0.416 e. The Hall–Kier alpha value is -1.77. The Bertz CT molecular complexity index is 688. The van der Waals surface area contributed by atoms with E-state index < -0.39 is 11.7 Å². The first kappa shape index (κ1) is 17.1. The highest BCUT2D eigenvalue weighted by Crippen LogP contribution is 2.48. The van der Waals surface area contributed by atoms with Gasteiger partial charge in [-0.05, 0) is 66.3 Å². The van der Waals surface area contributed by atoms with E-state index in [9.17, 15) is 13.2 Å². The normalized spacial score (nSPS) is 22.5. The standard InChI is InChI=1S/C21H23F3/c1-14-11-12-17(21(22,23)24)13-20(14)19-10-6-9-18(19)15(2)16-7-4-3-5-8-16/h3-5,7-8,11-13,15,18-19H,6,9-10H2,1-2H3/t15-,18?,19?/m0/s1. The fourth-order valence-electron chi connectivity index (χ4n) is 4.19. The summed E-state index contributed by atoms with van der Waals surface area (Å²) >= 11 is 0. The van der Waals surface area contributed by atoms with Crippen LogP contribution in [-0.4, -0.2) is 0 Å². The smallest absolute Gasteiger partial charge is 0.166 e. The zero-order valence-corrected chi connectivity index (χ0v) is 14.1. The molecule has 0 heterocycles. The third-order valence-corrected chi connectivity index (χ3v) is 5.54. The van der Waals surface area contributed by atoms with Crippen LogP contribution >= 0.6 is 0 Å². The molecule has 1 aliphatic rings. The van der Waals surface area contributed by atoms with Gasteiger partial charge in [-0.2, -0.15) is 13.2 Å². The molecule has 3 rings (SSSR count). The fourth-order valence-corrected chi connectivity index (χ4v) is 4.19. The van der Waals surface area contributed by atoms with Gasteiger partial charge in [0.05, 0.1) is 5.56 Å². The highest BCUT2D eigenvalue weighted by molar-refractivity contribution is 5.37. The lowest BCUT2D eigenvalue weighted by molar-refractivity contribution is -0.137. The van der Waals surface area contributed by atoms with Crippen LogP contribution in [0.4, 0.5) is 13.2 Å². The molecule has 0 bridgehead atoms. The number of alkyl halides is 3. The van der Waals surface area contributed by atoms with Crippen LogP contribution in [0.5, 0.6) is 0 Å². The average molecular weight is 332 g/mol. The summed E-state index contributed by atoms with van der Waals surface area (Å²) in [6, 6.07) is 14.5. The lowest BCUT2D eigenvalue weighted by Crippen LogP contribution is -2.16. The van der Waals surface area contributed by atoms with Crippen LogP contribution in [0, 0.1) is 12.8 Å². The predicted molar refractivity (Wildman–Crippen MR) is 91.1 cm³/mol. The molecule has 0 saturated heterocycles. The molecule has 2 aromatic carbocycles. The van der Waals surface area contributed by atoms with Crippen LogP contribution in [-0.2, 0) is 6.18 Å². The number of aryl methyl sites for hydroxylation is 1. The molecule has 0 N–H and O–H groups in total. The summed E-state index contributed by atoms with van der Waals surface area (Å²) < 4.78 is 39.3. The molecule has 0 radical (unpaired) electrons. The summed E-state index contributed by atoms with van der Waals surface area (Å²) in [5.74, 6) is 0.963. The van der Waals surface area contributed by atoms with Gasteiger partial charge >= 0.3 is 6.18 Å². The van der Waals surface area contributed by atoms with Crippen LogP contribution in [0.1, 0.15) is 60.3 Å². The van der Waals surface area contributed by atoms with Crippen molar-refractivity contribution in [2.45, 2.75) is 51.1 Å². The monoisotopic (exact) mass is 332 g/mol. The summed E-state index contributed by atoms with van der Waals surface area (Å²) in [6.45, 7) is 4.14. The second-order valence-electron chi connectivity index (χ2n) is 6.97. The van der Waals surface area contributed by atoms with Gasteiger partial charge < -0.3 is 0 Å². The molecule has 2 aromatic rings. The predicted octanol–water partition coefficient (Wildman–Crippen LogP) is 6.70. The Balaban J connectivity index is 1.93. The maximum atomic E-state index is 13.1. The highest BCUT2D eigenvalue weighted by Gasteiger charge is 2.36. The van der Waals surface area contributed by atoms with Gasteiger partial charge in [0.2, 0.25) is 0 Å². The summed E-state index contributed by atoms with van der Waals surface area (Å²) in [6.07, 6.45) is -1.13. The number of hydrogen-bond donors (Lipinski definition) is 0. The summed E-state index contributed by atoms with van der Waals surface area (Å²) in [7, 11) is 0. The Morgan fingerprint density at radius 1 is 1.00 bits per heavy atom. The third-order valence-electron chi connectivity index (χ3n) is 5.54. The molecule has 0 aromatic heterocycles. The Labute approximate surface area is 141 Å². The number of halogens is 3. The van der Waals surface area contributed by atoms with Crippen molar-refractivity contribution in [2.24, 2.45) is 5.92 Å². The van der Waals surface area contributed by atoms with Gasteiger partial charge in [0.25, 0.3) is 0 Å². The molecule has 0 amide bonds. The molecule has 1 saturated carbocycles. The maximum Gasteiger partial charge on any atom is 0.416 e. The van der Waals surface area contributed by atoms with Crippen molar-refractivity contribution in [3.63, 3.8) is 0 Å². The molecule has 3 atom stereocenters. The second kappa shape index (κ2) is 6.62. The van der Waals surface area contributed by atoms with Crippen molar-refractivity contribution in [1.82, 2.24) is 0 Å². The van der Waals surface area contributed by atoms with Crippen LogP contribution < -0.4 is 0 Å². The zero-order valence-electron chi connectivity index (χ0n) is 14.1. The SMILES string of the molecule is Cc1ccc(C(F)(F)F)cc1C1CCCC1[C@@H](C)c1ccccc1. The molecule has 128 valence electrons. The highest BCUT2D eigenvalue weighted by atomic mass is 19.4. The van der Waals surface area contributed by atoms with Crippen LogP contribution in [0.2, 0.25) is 0 Å². The molecule has 1 aliphatic carbocycles. The molecule has 24 heavy (non-hydrogen) atoms. The van der Waals surface area contributed by atoms with E-state index in [1.54, 1.807) is 6.07 Å². The first-order valence-electron chi connectivity index (χ1n) is 8.60. The first-order valence-corrected chi connectivity index (χ1v) is 8.60. The second-order valence-corrected chi connectivity index (χ2v) is 6.97. The number of benzene rings is 2. The van der Waals surface area contributed by atoms with Gasteiger partial charge in [-0.1, -0.05) is 49.7 Å². The average Bonchev–Trinajstić information content (AvgIpc) is 3.03. The van der Waals surface area contributed by atoms with Gasteiger partial charge in [0.15, 0.2) is 0 Å². The van der Waals surface area contributed by atoms with Crippen LogP contribution in [0.25, 0.3) is 0 Å². The van der Waals surface area contributed by atoms with E-state index in [-0.39, 0.29) is 5.92 Å². The molecular weight excluding hydrogens is 309 g/mol. The van der Waals surface area contributed by atoms with E-state index in [0.29, 0.717) is 11.8 Å². The minimum Gasteiger partial charge on any atom is -0.166 e. The number of rotatable bonds is 3. The molecule has 0 spiro atoms. The van der Waals surface area contributed by atoms with Crippen molar-refractivity contribution in [2.75, 3.05) is 0 Å². The summed E-state index contributed by atoms with van der Waals surface area (Å²) in [4.78, 5) is 0. The van der Waals surface area contributed by atoms with Crippen molar-refractivity contribution in [3.05, 3.63) is 70.8 Å². The summed E-state index contributed by atoms with van der Waals surface area (Å²) in [5, 5.41) is 0. The van der Waals surface area contributed by atoms with Crippen molar-refractivity contribution in [3.8, 4) is 0 Å². The van der Waals surface area contributed by atoms with E-state index in [0.717, 1.165) is 30.4 Å². The Kier molecular flexibility index (Phi) is 4.71. The van der Waals surface area contributed by atoms with E-state index in [4.69, 9.17) is 0 Å². The molecule has 0 nitrogen and oxygen atoms in total. The van der Waals surface area contributed by atoms with Gasteiger partial charge in [-0.25, -0.2) is 0 Å². The minimum atomic E-state index is -4.28. The molecule has 0 aliphatic heterocycles. The van der Waals surface area contributed by atoms with Crippen molar-refractivity contribution >= 4 is 0 Å². The van der Waals surface area contributed by atoms with E-state index in [2.05, 4.69) is 19.1 Å². The van der Waals surface area contributed by atoms with Crippen LogP contribution in [0.15, 0.2) is 48.5 Å². The van der Waals surface area contributed by atoms with Crippen molar-refractivity contribution in [1.29, 1.82) is 0 Å². The van der Waals surface area contributed by atoms with Gasteiger partial charge in [0, 0.05) is 0 Å². The molecular formula is C21H23F3. The fraction of sp³-hybridized carbons (Fsp3) is 0.429. The van der Waals surface area contributed by atoms with Gasteiger partial charge in [-0.15, -0.1) is 0 Å². The minimum absolute atomic E-state index is 0.211. The zero-order chi connectivity index (χ0) is 17.3. The van der Waals surface area contributed by atoms with E-state index >= 15 is 0 Å². The number of hydrogen-bond acceptors (Lipinski definition) is 0. The lowest BCUT2D eigenvalue weighted by atomic mass is 9.76. The third kappa shape index (κ3) is 3.35. The van der Waals surface area contributed by atoms with E-state index in [1.807, 2.05) is 25.1 Å². The van der Waals surface area contributed by atoms with E-state index in [1.165, 1.54) is 17.7 Å². The van der Waals surface area contributed by atoms with Crippen LogP contribution in [0.3, 0.4) is 0 Å². The molecule has 1 fully saturated rings. The molecule has 3 heteroatoms. The quantitative estimate of drug-likeness (QED) is 0.586. The first-order chi connectivity index (χ1) is 11.4.